The first-order valence-corrected chi connectivity index (χ1v) is 8.23. The van der Waals surface area contributed by atoms with Gasteiger partial charge in [-0.3, -0.25) is 0 Å². The Morgan fingerprint density at radius 3 is 1.80 bits per heavy atom. The molecule has 20 heavy (non-hydrogen) atoms. The van der Waals surface area contributed by atoms with Gasteiger partial charge < -0.3 is 4.74 Å². The monoisotopic (exact) mass is 334 g/mol. The molecule has 0 saturated carbocycles. The van der Waals surface area contributed by atoms with Crippen molar-refractivity contribution in [2.45, 2.75) is 33.1 Å². The molecule has 2 aromatic rings. The molecule has 2 aromatic carbocycles. The number of benzene rings is 2. The molecular weight excluding hydrogens is 312 g/mol. The van der Waals surface area contributed by atoms with E-state index in [1.165, 1.54) is 17.5 Å². The molecule has 108 valence electrons. The first-order valence-electron chi connectivity index (χ1n) is 7.11. The summed E-state index contributed by atoms with van der Waals surface area (Å²) in [7, 11) is 0. The maximum atomic E-state index is 5.34. The van der Waals surface area contributed by atoms with E-state index >= 15 is 0 Å². The Morgan fingerprint density at radius 2 is 1.30 bits per heavy atom. The number of alkyl halides is 1. The molecule has 0 aliphatic carbocycles. The average molecular weight is 335 g/mol. The zero-order valence-electron chi connectivity index (χ0n) is 12.3. The average Bonchev–Trinajstić information content (AvgIpc) is 2.49. The Labute approximate surface area is 131 Å². The van der Waals surface area contributed by atoms with Gasteiger partial charge >= 0.3 is 0 Å². The van der Waals surface area contributed by atoms with Crippen LogP contribution in [0, 0.1) is 0 Å². The number of ether oxygens (including phenoxy) is 1. The summed E-state index contributed by atoms with van der Waals surface area (Å²) < 4.78 is 5.34. The molecular formula is C18H23BrO. The van der Waals surface area contributed by atoms with Gasteiger partial charge in [0.15, 0.2) is 0 Å². The molecule has 0 aliphatic heterocycles. The van der Waals surface area contributed by atoms with E-state index in [0.29, 0.717) is 5.52 Å². The van der Waals surface area contributed by atoms with Crippen molar-refractivity contribution in [3.63, 3.8) is 0 Å². The van der Waals surface area contributed by atoms with Crippen molar-refractivity contribution >= 4 is 15.9 Å². The molecule has 0 amide bonds. The summed E-state index contributed by atoms with van der Waals surface area (Å²) in [5.74, 6) is 0.908. The molecule has 0 fully saturated rings. The highest BCUT2D eigenvalue weighted by atomic mass is 79.9. The summed E-state index contributed by atoms with van der Waals surface area (Å²) >= 11 is 3.24. The minimum Gasteiger partial charge on any atom is -0.482 e. The van der Waals surface area contributed by atoms with Gasteiger partial charge in [0.2, 0.25) is 0 Å². The first kappa shape index (κ1) is 16.8. The van der Waals surface area contributed by atoms with Crippen molar-refractivity contribution in [2.75, 3.05) is 5.52 Å². The Morgan fingerprint density at radius 1 is 0.800 bits per heavy atom. The topological polar surface area (TPSA) is 9.23 Å². The molecule has 0 atom stereocenters. The summed E-state index contributed by atoms with van der Waals surface area (Å²) in [6, 6.07) is 18.8. The molecule has 0 N–H and O–H groups in total. The summed E-state index contributed by atoms with van der Waals surface area (Å²) in [6.45, 7) is 4.25. The van der Waals surface area contributed by atoms with Gasteiger partial charge in [0.25, 0.3) is 0 Å². The highest BCUT2D eigenvalue weighted by Gasteiger charge is 1.96. The van der Waals surface area contributed by atoms with Crippen LogP contribution in [0.3, 0.4) is 0 Å². The van der Waals surface area contributed by atoms with Crippen LogP contribution in [0.2, 0.25) is 0 Å². The van der Waals surface area contributed by atoms with Crippen molar-refractivity contribution in [1.82, 2.24) is 0 Å². The second-order valence-corrected chi connectivity index (χ2v) is 5.05. The van der Waals surface area contributed by atoms with Crippen LogP contribution in [0.5, 0.6) is 5.75 Å². The number of hydrogen-bond acceptors (Lipinski definition) is 1. The number of halogens is 1. The molecule has 0 saturated heterocycles. The fourth-order valence-corrected chi connectivity index (χ4v) is 2.01. The molecule has 0 spiro atoms. The van der Waals surface area contributed by atoms with Gasteiger partial charge in [0.1, 0.15) is 11.3 Å². The summed E-state index contributed by atoms with van der Waals surface area (Å²) in [5.41, 5.74) is 3.26. The van der Waals surface area contributed by atoms with Crippen LogP contribution in [-0.2, 0) is 12.8 Å². The molecule has 0 radical (unpaired) electrons. The van der Waals surface area contributed by atoms with E-state index in [0.717, 1.165) is 18.6 Å². The van der Waals surface area contributed by atoms with Crippen LogP contribution in [0.4, 0.5) is 0 Å². The number of hydrogen-bond donors (Lipinski definition) is 0. The lowest BCUT2D eigenvalue weighted by molar-refractivity contribution is 0.398. The van der Waals surface area contributed by atoms with E-state index in [2.05, 4.69) is 72.2 Å². The Balaban J connectivity index is 0.000000612. The SMILES string of the molecule is BrCOc1ccc(CCc2ccccc2)cc1.CCC. The second kappa shape index (κ2) is 10.5. The largest absolute Gasteiger partial charge is 0.482 e. The highest BCUT2D eigenvalue weighted by Crippen LogP contribution is 2.14. The zero-order valence-corrected chi connectivity index (χ0v) is 13.9. The van der Waals surface area contributed by atoms with Gasteiger partial charge in [-0.05, 0) is 52.0 Å². The quantitative estimate of drug-likeness (QED) is 0.645. The number of rotatable bonds is 5. The molecule has 0 aliphatic rings. The number of aryl methyl sites for hydroxylation is 2. The van der Waals surface area contributed by atoms with Gasteiger partial charge in [-0.25, -0.2) is 0 Å². The third-order valence-corrected chi connectivity index (χ3v) is 2.92. The smallest absolute Gasteiger partial charge is 0.143 e. The van der Waals surface area contributed by atoms with Crippen LogP contribution >= 0.6 is 15.9 Å². The van der Waals surface area contributed by atoms with E-state index in [9.17, 15) is 0 Å². The maximum Gasteiger partial charge on any atom is 0.143 e. The fraction of sp³-hybridized carbons (Fsp3) is 0.333. The van der Waals surface area contributed by atoms with Gasteiger partial charge in [0.05, 0.1) is 0 Å². The first-order chi connectivity index (χ1) is 9.80. The van der Waals surface area contributed by atoms with Crippen molar-refractivity contribution in [3.8, 4) is 5.75 Å². The highest BCUT2D eigenvalue weighted by molar-refractivity contribution is 9.09. The lowest BCUT2D eigenvalue weighted by Crippen LogP contribution is -1.92. The van der Waals surface area contributed by atoms with E-state index in [4.69, 9.17) is 4.74 Å². The van der Waals surface area contributed by atoms with Crippen LogP contribution in [-0.4, -0.2) is 5.52 Å². The molecule has 0 unspecified atom stereocenters. The zero-order chi connectivity index (χ0) is 14.6. The van der Waals surface area contributed by atoms with Gasteiger partial charge in [0, 0.05) is 0 Å². The predicted molar refractivity (Wildman–Crippen MR) is 90.7 cm³/mol. The lowest BCUT2D eigenvalue weighted by Gasteiger charge is -2.04. The summed E-state index contributed by atoms with van der Waals surface area (Å²) in [6.07, 6.45) is 3.40. The van der Waals surface area contributed by atoms with E-state index in [-0.39, 0.29) is 0 Å². The Hall–Kier alpha value is -1.28. The third-order valence-electron chi connectivity index (χ3n) is 2.69. The van der Waals surface area contributed by atoms with Crippen LogP contribution in [0.15, 0.2) is 54.6 Å². The van der Waals surface area contributed by atoms with E-state index in [1.807, 2.05) is 12.1 Å². The molecule has 0 bridgehead atoms. The van der Waals surface area contributed by atoms with Crippen molar-refractivity contribution in [3.05, 3.63) is 65.7 Å². The van der Waals surface area contributed by atoms with Crippen LogP contribution in [0.1, 0.15) is 31.4 Å². The lowest BCUT2D eigenvalue weighted by atomic mass is 10.0. The van der Waals surface area contributed by atoms with Crippen LogP contribution in [0.25, 0.3) is 0 Å². The van der Waals surface area contributed by atoms with Crippen molar-refractivity contribution in [2.24, 2.45) is 0 Å². The Bertz CT molecular complexity index is 451. The molecule has 0 aromatic heterocycles. The standard InChI is InChI=1S/C15H15BrO.C3H8/c16-12-17-15-10-8-14(9-11-15)7-6-13-4-2-1-3-5-13;1-3-2/h1-5,8-11H,6-7,12H2;3H2,1-2H3. The van der Waals surface area contributed by atoms with Crippen molar-refractivity contribution in [1.29, 1.82) is 0 Å². The molecule has 1 nitrogen and oxygen atoms in total. The molecule has 2 heteroatoms. The minimum atomic E-state index is 0.538. The fourth-order valence-electron chi connectivity index (χ4n) is 1.75. The van der Waals surface area contributed by atoms with Crippen LogP contribution < -0.4 is 4.74 Å². The Kier molecular flexibility index (Phi) is 8.81. The van der Waals surface area contributed by atoms with E-state index in [1.54, 1.807) is 0 Å². The summed E-state index contributed by atoms with van der Waals surface area (Å²) in [5, 5.41) is 0. The minimum absolute atomic E-state index is 0.538. The normalized spacial score (nSPS) is 9.55. The molecule has 2 rings (SSSR count). The maximum absolute atomic E-state index is 5.34. The van der Waals surface area contributed by atoms with Crippen molar-refractivity contribution < 1.29 is 4.74 Å². The molecule has 0 heterocycles. The predicted octanol–water partition coefficient (Wildman–Crippen LogP) is 5.62. The van der Waals surface area contributed by atoms with E-state index < -0.39 is 0 Å². The second-order valence-electron chi connectivity index (χ2n) is 4.59. The van der Waals surface area contributed by atoms with Gasteiger partial charge in [-0.2, -0.15) is 0 Å². The summed E-state index contributed by atoms with van der Waals surface area (Å²) in [4.78, 5) is 0. The third kappa shape index (κ3) is 6.76. The van der Waals surface area contributed by atoms with Gasteiger partial charge in [-0.1, -0.05) is 62.7 Å². The van der Waals surface area contributed by atoms with Gasteiger partial charge in [-0.15, -0.1) is 0 Å².